The zero-order valence-corrected chi connectivity index (χ0v) is 14.4. The monoisotopic (exact) mass is 435 g/mol. The molecule has 0 unspecified atom stereocenters. The maximum Gasteiger partial charge on any atom is 0.418 e. The fourth-order valence-electron chi connectivity index (χ4n) is 2.15. The van der Waals surface area contributed by atoms with E-state index in [9.17, 15) is 18.0 Å². The number of hydrogen-bond donors (Lipinski definition) is 1. The van der Waals surface area contributed by atoms with E-state index in [1.54, 1.807) is 41.6 Å². The summed E-state index contributed by atoms with van der Waals surface area (Å²) in [6.45, 7) is 1.75. The highest BCUT2D eigenvalue weighted by atomic mass is 127. The van der Waals surface area contributed by atoms with Crippen LogP contribution in [0.5, 0.6) is 5.75 Å². The largest absolute Gasteiger partial charge is 0.496 e. The molecule has 0 saturated carbocycles. The molecule has 2 aromatic carbocycles. The van der Waals surface area contributed by atoms with Gasteiger partial charge in [-0.2, -0.15) is 13.2 Å². The van der Waals surface area contributed by atoms with Crippen LogP contribution in [-0.4, -0.2) is 13.0 Å². The van der Waals surface area contributed by atoms with E-state index >= 15 is 0 Å². The second-order valence-corrected chi connectivity index (χ2v) is 6.04. The van der Waals surface area contributed by atoms with Crippen molar-refractivity contribution in [3.63, 3.8) is 0 Å². The molecule has 0 saturated heterocycles. The molecular formula is C16H13F3INO2. The molecule has 0 radical (unpaired) electrons. The molecule has 2 rings (SSSR count). The zero-order chi connectivity index (χ0) is 17.2. The number of rotatable bonds is 3. The van der Waals surface area contributed by atoms with Crippen LogP contribution >= 0.6 is 22.6 Å². The number of carbonyl (C=O) groups excluding carboxylic acids is 1. The molecule has 0 fully saturated rings. The summed E-state index contributed by atoms with van der Waals surface area (Å²) in [5.74, 6) is -0.318. The predicted octanol–water partition coefficient (Wildman–Crippen LogP) is 4.88. The van der Waals surface area contributed by atoms with Crippen LogP contribution < -0.4 is 10.1 Å². The first-order chi connectivity index (χ1) is 10.7. The fourth-order valence-corrected chi connectivity index (χ4v) is 2.64. The topological polar surface area (TPSA) is 38.3 Å². The van der Waals surface area contributed by atoms with E-state index in [1.165, 1.54) is 25.3 Å². The number of ether oxygens (including phenoxy) is 1. The van der Waals surface area contributed by atoms with Crippen LogP contribution in [0, 0.1) is 10.5 Å². The molecule has 1 amide bonds. The van der Waals surface area contributed by atoms with Gasteiger partial charge < -0.3 is 10.1 Å². The highest BCUT2D eigenvalue weighted by molar-refractivity contribution is 14.1. The van der Waals surface area contributed by atoms with Crippen molar-refractivity contribution in [3.8, 4) is 5.75 Å². The van der Waals surface area contributed by atoms with E-state index in [4.69, 9.17) is 4.74 Å². The van der Waals surface area contributed by atoms with Gasteiger partial charge in [-0.05, 0) is 59.3 Å². The summed E-state index contributed by atoms with van der Waals surface area (Å²) in [7, 11) is 1.41. The van der Waals surface area contributed by atoms with Gasteiger partial charge in [0, 0.05) is 3.57 Å². The molecule has 122 valence electrons. The van der Waals surface area contributed by atoms with Gasteiger partial charge in [-0.1, -0.05) is 12.1 Å². The van der Waals surface area contributed by atoms with Crippen LogP contribution in [0.1, 0.15) is 21.5 Å². The molecule has 0 aliphatic carbocycles. The summed E-state index contributed by atoms with van der Waals surface area (Å²) < 4.78 is 44.9. The second kappa shape index (κ2) is 6.77. The number of amides is 1. The van der Waals surface area contributed by atoms with Crippen LogP contribution in [0.15, 0.2) is 36.4 Å². The van der Waals surface area contributed by atoms with Crippen LogP contribution in [0.3, 0.4) is 0 Å². The van der Waals surface area contributed by atoms with Gasteiger partial charge in [0.05, 0.1) is 23.9 Å². The Morgan fingerprint density at radius 3 is 2.52 bits per heavy atom. The molecule has 0 bridgehead atoms. The number of nitrogens with one attached hydrogen (secondary N) is 1. The minimum atomic E-state index is -4.56. The van der Waals surface area contributed by atoms with Crippen LogP contribution in [0.2, 0.25) is 0 Å². The summed E-state index contributed by atoms with van der Waals surface area (Å²) in [5.41, 5.74) is -0.270. The number of benzene rings is 2. The van der Waals surface area contributed by atoms with Crippen molar-refractivity contribution in [2.75, 3.05) is 12.4 Å². The highest BCUT2D eigenvalue weighted by Gasteiger charge is 2.34. The van der Waals surface area contributed by atoms with Gasteiger partial charge in [-0.3, -0.25) is 4.79 Å². The summed E-state index contributed by atoms with van der Waals surface area (Å²) in [6.07, 6.45) is -4.56. The van der Waals surface area contributed by atoms with Gasteiger partial charge in [0.2, 0.25) is 0 Å². The van der Waals surface area contributed by atoms with Gasteiger partial charge in [-0.15, -0.1) is 0 Å². The third-order valence-corrected chi connectivity index (χ3v) is 3.87. The lowest BCUT2D eigenvalue weighted by molar-refractivity contribution is -0.137. The molecule has 3 nitrogen and oxygen atoms in total. The molecule has 0 heterocycles. The number of methoxy groups -OCH3 is 1. The number of carbonyl (C=O) groups is 1. The minimum absolute atomic E-state index is 0.180. The Labute approximate surface area is 145 Å². The van der Waals surface area contributed by atoms with Gasteiger partial charge >= 0.3 is 6.18 Å². The summed E-state index contributed by atoms with van der Waals surface area (Å²) in [6, 6.07) is 8.63. The molecular weight excluding hydrogens is 422 g/mol. The molecule has 0 spiro atoms. The summed E-state index contributed by atoms with van der Waals surface area (Å²) in [5, 5.41) is 2.32. The Balaban J connectivity index is 2.41. The predicted molar refractivity (Wildman–Crippen MR) is 89.8 cm³/mol. The first-order valence-corrected chi connectivity index (χ1v) is 7.63. The van der Waals surface area contributed by atoms with Crippen LogP contribution in [0.4, 0.5) is 18.9 Å². The first-order valence-electron chi connectivity index (χ1n) is 6.55. The Kier molecular flexibility index (Phi) is 5.18. The molecule has 23 heavy (non-hydrogen) atoms. The van der Waals surface area contributed by atoms with Crippen LogP contribution in [-0.2, 0) is 6.18 Å². The fraction of sp³-hybridized carbons (Fsp3) is 0.188. The third kappa shape index (κ3) is 3.95. The van der Waals surface area contributed by atoms with Gasteiger partial charge in [0.25, 0.3) is 5.91 Å². The minimum Gasteiger partial charge on any atom is -0.496 e. The number of hydrogen-bond acceptors (Lipinski definition) is 2. The van der Waals surface area contributed by atoms with E-state index in [1.807, 2.05) is 0 Å². The normalized spacial score (nSPS) is 11.2. The second-order valence-electron chi connectivity index (χ2n) is 4.80. The summed E-state index contributed by atoms with van der Waals surface area (Å²) >= 11 is 1.79. The van der Waals surface area contributed by atoms with E-state index in [0.717, 1.165) is 11.6 Å². The third-order valence-electron chi connectivity index (χ3n) is 3.20. The van der Waals surface area contributed by atoms with Crippen molar-refractivity contribution in [2.45, 2.75) is 13.1 Å². The number of halogens is 4. The lowest BCUT2D eigenvalue weighted by atomic mass is 10.1. The van der Waals surface area contributed by atoms with E-state index < -0.39 is 17.6 Å². The van der Waals surface area contributed by atoms with Crippen molar-refractivity contribution in [1.82, 2.24) is 0 Å². The lowest BCUT2D eigenvalue weighted by Gasteiger charge is -2.16. The highest BCUT2D eigenvalue weighted by Crippen LogP contribution is 2.36. The quantitative estimate of drug-likeness (QED) is 0.699. The number of aryl methyl sites for hydroxylation is 1. The summed E-state index contributed by atoms with van der Waals surface area (Å²) in [4.78, 5) is 12.3. The van der Waals surface area contributed by atoms with Crippen molar-refractivity contribution < 1.29 is 22.7 Å². The van der Waals surface area contributed by atoms with Crippen LogP contribution in [0.25, 0.3) is 0 Å². The zero-order valence-electron chi connectivity index (χ0n) is 12.3. The van der Waals surface area contributed by atoms with Crippen molar-refractivity contribution in [3.05, 3.63) is 56.7 Å². The maximum absolute atomic E-state index is 13.1. The van der Waals surface area contributed by atoms with E-state index in [-0.39, 0.29) is 11.3 Å². The number of para-hydroxylation sites is 1. The standard InChI is InChI=1S/C16H13F3INO2/c1-9-4-3-5-11(14(9)23-2)15(22)21-13-7-6-10(20)8-12(13)16(17,18)19/h3-8H,1-2H3,(H,21,22). The molecule has 0 aromatic heterocycles. The Morgan fingerprint density at radius 2 is 1.91 bits per heavy atom. The molecule has 2 aromatic rings. The average molecular weight is 435 g/mol. The average Bonchev–Trinajstić information content (AvgIpc) is 2.47. The van der Waals surface area contributed by atoms with E-state index in [0.29, 0.717) is 9.32 Å². The molecule has 1 N–H and O–H groups in total. The van der Waals surface area contributed by atoms with Crippen molar-refractivity contribution >= 4 is 34.2 Å². The van der Waals surface area contributed by atoms with Gasteiger partial charge in [0.1, 0.15) is 5.75 Å². The molecule has 0 aliphatic heterocycles. The Bertz CT molecular complexity index is 745. The Morgan fingerprint density at radius 1 is 1.22 bits per heavy atom. The van der Waals surface area contributed by atoms with Crippen molar-refractivity contribution in [2.24, 2.45) is 0 Å². The van der Waals surface area contributed by atoms with Gasteiger partial charge in [0.15, 0.2) is 0 Å². The molecule has 0 atom stereocenters. The Hall–Kier alpha value is -1.77. The van der Waals surface area contributed by atoms with Gasteiger partial charge in [-0.25, -0.2) is 0 Å². The SMILES string of the molecule is COc1c(C)cccc1C(=O)Nc1ccc(I)cc1C(F)(F)F. The maximum atomic E-state index is 13.1. The first kappa shape index (κ1) is 17.6. The molecule has 0 aliphatic rings. The number of alkyl halides is 3. The number of anilines is 1. The lowest BCUT2D eigenvalue weighted by Crippen LogP contribution is -2.17. The van der Waals surface area contributed by atoms with Crippen molar-refractivity contribution in [1.29, 1.82) is 0 Å². The van der Waals surface area contributed by atoms with E-state index in [2.05, 4.69) is 5.32 Å². The molecule has 7 heteroatoms. The smallest absolute Gasteiger partial charge is 0.418 e.